The van der Waals surface area contributed by atoms with Crippen LogP contribution in [0.5, 0.6) is 5.75 Å². The number of nitrogens with one attached hydrogen (secondary N) is 1. The van der Waals surface area contributed by atoms with Crippen LogP contribution in [-0.4, -0.2) is 24.2 Å². The van der Waals surface area contributed by atoms with Crippen LogP contribution in [0.2, 0.25) is 0 Å². The zero-order valence-corrected chi connectivity index (χ0v) is 14.4. The molecule has 0 bridgehead atoms. The minimum Gasteiger partial charge on any atom is -0.493 e. The van der Waals surface area contributed by atoms with E-state index in [4.69, 9.17) is 4.74 Å². The fourth-order valence-corrected chi connectivity index (χ4v) is 2.79. The van der Waals surface area contributed by atoms with Gasteiger partial charge in [-0.15, -0.1) is 0 Å². The molecule has 0 amide bonds. The molecular formula is C15H24BrNOS. The maximum Gasteiger partial charge on any atom is 0.123 e. The second-order valence-electron chi connectivity index (χ2n) is 4.54. The summed E-state index contributed by atoms with van der Waals surface area (Å²) >= 11 is 5.50. The Bertz CT molecular complexity index is 373. The Morgan fingerprint density at radius 1 is 1.37 bits per heavy atom. The minimum absolute atomic E-state index is 0.517. The Kier molecular flexibility index (Phi) is 8.58. The van der Waals surface area contributed by atoms with Crippen molar-refractivity contribution in [2.24, 2.45) is 0 Å². The van der Waals surface area contributed by atoms with E-state index in [9.17, 15) is 0 Å². The van der Waals surface area contributed by atoms with Gasteiger partial charge >= 0.3 is 0 Å². The number of hydrogen-bond donors (Lipinski definition) is 1. The first-order chi connectivity index (χ1) is 9.17. The summed E-state index contributed by atoms with van der Waals surface area (Å²) in [6.07, 6.45) is 1.03. The molecule has 0 saturated carbocycles. The Hall–Kier alpha value is -0.190. The van der Waals surface area contributed by atoms with Crippen LogP contribution in [0.25, 0.3) is 0 Å². The lowest BCUT2D eigenvalue weighted by molar-refractivity contribution is 0.313. The van der Waals surface area contributed by atoms with Gasteiger partial charge in [-0.25, -0.2) is 0 Å². The largest absolute Gasteiger partial charge is 0.493 e. The summed E-state index contributed by atoms with van der Waals surface area (Å²) in [6.45, 7) is 8.18. The Labute approximate surface area is 129 Å². The number of hydrogen-bond acceptors (Lipinski definition) is 3. The quantitative estimate of drug-likeness (QED) is 0.713. The fourth-order valence-electron chi connectivity index (χ4n) is 1.68. The summed E-state index contributed by atoms with van der Waals surface area (Å²) in [5, 5.41) is 3.56. The van der Waals surface area contributed by atoms with Crippen molar-refractivity contribution in [2.75, 3.05) is 18.1 Å². The molecule has 1 atom stereocenters. The van der Waals surface area contributed by atoms with E-state index in [-0.39, 0.29) is 0 Å². The Balaban J connectivity index is 2.57. The van der Waals surface area contributed by atoms with Gasteiger partial charge in [0.2, 0.25) is 0 Å². The van der Waals surface area contributed by atoms with Crippen LogP contribution in [0.1, 0.15) is 32.8 Å². The maximum atomic E-state index is 5.79. The molecule has 4 heteroatoms. The molecule has 0 aliphatic heterocycles. The molecule has 0 fully saturated rings. The molecular weight excluding hydrogens is 322 g/mol. The molecule has 0 radical (unpaired) electrons. The van der Waals surface area contributed by atoms with Crippen LogP contribution in [0.3, 0.4) is 0 Å². The summed E-state index contributed by atoms with van der Waals surface area (Å²) < 4.78 is 6.89. The van der Waals surface area contributed by atoms with Crippen molar-refractivity contribution in [1.82, 2.24) is 5.32 Å². The second kappa shape index (κ2) is 9.67. The first-order valence-electron chi connectivity index (χ1n) is 6.89. The van der Waals surface area contributed by atoms with Crippen molar-refractivity contribution < 1.29 is 4.74 Å². The third-order valence-corrected chi connectivity index (χ3v) is 4.33. The highest BCUT2D eigenvalue weighted by Gasteiger charge is 2.07. The number of rotatable bonds is 9. The molecule has 0 heterocycles. The van der Waals surface area contributed by atoms with Crippen LogP contribution in [0.4, 0.5) is 0 Å². The molecule has 108 valence electrons. The first-order valence-corrected chi connectivity index (χ1v) is 8.84. The second-order valence-corrected chi connectivity index (χ2v) is 6.78. The summed E-state index contributed by atoms with van der Waals surface area (Å²) in [4.78, 5) is 0. The predicted octanol–water partition coefficient (Wildman–Crippen LogP) is 4.47. The van der Waals surface area contributed by atoms with Crippen molar-refractivity contribution in [3.05, 3.63) is 28.2 Å². The number of benzene rings is 1. The molecule has 1 aromatic rings. The van der Waals surface area contributed by atoms with Crippen LogP contribution < -0.4 is 10.1 Å². The molecule has 0 aliphatic carbocycles. The molecule has 0 saturated heterocycles. The summed E-state index contributed by atoms with van der Waals surface area (Å²) in [7, 11) is 0. The Morgan fingerprint density at radius 3 is 2.84 bits per heavy atom. The lowest BCUT2D eigenvalue weighted by Crippen LogP contribution is -2.28. The van der Waals surface area contributed by atoms with Gasteiger partial charge in [-0.2, -0.15) is 11.8 Å². The SMILES string of the molecule is CCCOc1ccc(Br)cc1CNC(C)CSCC. The standard InChI is InChI=1S/C15H24BrNOS/c1-4-8-18-15-7-6-14(16)9-13(15)10-17-12(3)11-19-5-2/h6-7,9,12,17H,4-5,8,10-11H2,1-3H3. The van der Waals surface area contributed by atoms with E-state index < -0.39 is 0 Å². The van der Waals surface area contributed by atoms with Gasteiger partial charge in [0.15, 0.2) is 0 Å². The monoisotopic (exact) mass is 345 g/mol. The normalized spacial score (nSPS) is 12.4. The molecule has 1 aromatic carbocycles. The molecule has 1 N–H and O–H groups in total. The van der Waals surface area contributed by atoms with Crippen LogP contribution in [0, 0.1) is 0 Å². The van der Waals surface area contributed by atoms with Crippen molar-refractivity contribution in [3.63, 3.8) is 0 Å². The average Bonchev–Trinajstić information content (AvgIpc) is 2.41. The van der Waals surface area contributed by atoms with E-state index in [1.54, 1.807) is 0 Å². The zero-order valence-electron chi connectivity index (χ0n) is 12.0. The summed E-state index contributed by atoms with van der Waals surface area (Å²) in [6, 6.07) is 6.73. The highest BCUT2D eigenvalue weighted by atomic mass is 79.9. The van der Waals surface area contributed by atoms with Crippen molar-refractivity contribution in [3.8, 4) is 5.75 Å². The van der Waals surface area contributed by atoms with E-state index in [1.165, 1.54) is 11.3 Å². The third kappa shape index (κ3) is 6.68. The third-order valence-electron chi connectivity index (χ3n) is 2.70. The van der Waals surface area contributed by atoms with Crippen molar-refractivity contribution in [1.29, 1.82) is 0 Å². The van der Waals surface area contributed by atoms with Crippen molar-refractivity contribution in [2.45, 2.75) is 39.8 Å². The van der Waals surface area contributed by atoms with Gasteiger partial charge in [-0.05, 0) is 37.3 Å². The van der Waals surface area contributed by atoms with Crippen molar-refractivity contribution >= 4 is 27.7 Å². The molecule has 0 spiro atoms. The smallest absolute Gasteiger partial charge is 0.123 e. The fraction of sp³-hybridized carbons (Fsp3) is 0.600. The predicted molar refractivity (Wildman–Crippen MR) is 89.2 cm³/mol. The van der Waals surface area contributed by atoms with E-state index in [0.717, 1.165) is 35.5 Å². The first kappa shape index (κ1) is 16.9. The van der Waals surface area contributed by atoms with Crippen LogP contribution >= 0.6 is 27.7 Å². The van der Waals surface area contributed by atoms with Gasteiger partial charge in [-0.1, -0.05) is 29.8 Å². The van der Waals surface area contributed by atoms with Gasteiger partial charge in [0.25, 0.3) is 0 Å². The molecule has 1 unspecified atom stereocenters. The van der Waals surface area contributed by atoms with E-state index in [2.05, 4.69) is 48.1 Å². The average molecular weight is 346 g/mol. The lowest BCUT2D eigenvalue weighted by Gasteiger charge is -2.16. The summed E-state index contributed by atoms with van der Waals surface area (Å²) in [5.74, 6) is 3.32. The highest BCUT2D eigenvalue weighted by molar-refractivity contribution is 9.10. The zero-order chi connectivity index (χ0) is 14.1. The van der Waals surface area contributed by atoms with Gasteiger partial charge in [0.05, 0.1) is 6.61 Å². The maximum absolute atomic E-state index is 5.79. The van der Waals surface area contributed by atoms with Gasteiger partial charge in [0, 0.05) is 28.4 Å². The minimum atomic E-state index is 0.517. The van der Waals surface area contributed by atoms with Gasteiger partial charge in [-0.3, -0.25) is 0 Å². The highest BCUT2D eigenvalue weighted by Crippen LogP contribution is 2.23. The van der Waals surface area contributed by atoms with E-state index >= 15 is 0 Å². The topological polar surface area (TPSA) is 21.3 Å². The molecule has 1 rings (SSSR count). The van der Waals surface area contributed by atoms with Gasteiger partial charge in [0.1, 0.15) is 5.75 Å². The summed E-state index contributed by atoms with van der Waals surface area (Å²) in [5.41, 5.74) is 1.22. The number of thioether (sulfide) groups is 1. The van der Waals surface area contributed by atoms with Gasteiger partial charge < -0.3 is 10.1 Å². The number of halogens is 1. The van der Waals surface area contributed by atoms with E-state index in [1.807, 2.05) is 23.9 Å². The van der Waals surface area contributed by atoms with Crippen LogP contribution in [0.15, 0.2) is 22.7 Å². The Morgan fingerprint density at radius 2 is 2.16 bits per heavy atom. The lowest BCUT2D eigenvalue weighted by atomic mass is 10.2. The molecule has 0 aliphatic rings. The molecule has 0 aromatic heterocycles. The molecule has 2 nitrogen and oxygen atoms in total. The van der Waals surface area contributed by atoms with Crippen LogP contribution in [-0.2, 0) is 6.54 Å². The molecule has 19 heavy (non-hydrogen) atoms. The number of ether oxygens (including phenoxy) is 1. The van der Waals surface area contributed by atoms with E-state index in [0.29, 0.717) is 6.04 Å².